The highest BCUT2D eigenvalue weighted by atomic mass is 31.2. The molecule has 1 amide bonds. The summed E-state index contributed by atoms with van der Waals surface area (Å²) in [5, 5.41) is 0. The quantitative estimate of drug-likeness (QED) is 0.0839. The minimum atomic E-state index is -2.65. The molecule has 0 saturated carbocycles. The summed E-state index contributed by atoms with van der Waals surface area (Å²) in [5.41, 5.74) is 0.296. The zero-order chi connectivity index (χ0) is 35.0. The molecule has 0 radical (unpaired) electrons. The molecule has 4 aromatic rings. The molecular weight excluding hydrogens is 670 g/mol. The lowest BCUT2D eigenvalue weighted by Gasteiger charge is -2.16. The van der Waals surface area contributed by atoms with Gasteiger partial charge in [-0.2, -0.15) is 0 Å². The second-order valence-electron chi connectivity index (χ2n) is 9.98. The van der Waals surface area contributed by atoms with E-state index in [1.807, 2.05) is 0 Å². The first-order valence-corrected chi connectivity index (χ1v) is 16.1. The van der Waals surface area contributed by atoms with Gasteiger partial charge in [-0.3, -0.25) is 14.2 Å². The number of amides is 1. The fraction of sp³-hybridized carbons (Fsp3) is 0.161. The van der Waals surface area contributed by atoms with Crippen molar-refractivity contribution in [2.75, 3.05) is 21.2 Å². The minimum Gasteiger partial charge on any atom is -0.497 e. The SMILES string of the molecule is COc1ccc(-n2c(C=O)c(OC(=O)c3cccc(COP(O)O)c3)c(OC(=O)c3cccc(COP(O)O)c3)c2C(=O)N(C)C)cc1. The van der Waals surface area contributed by atoms with Crippen molar-refractivity contribution in [3.05, 3.63) is 106 Å². The van der Waals surface area contributed by atoms with Crippen LogP contribution in [0.3, 0.4) is 0 Å². The van der Waals surface area contributed by atoms with E-state index in [4.69, 9.17) is 42.8 Å². The highest BCUT2D eigenvalue weighted by Crippen LogP contribution is 2.41. The maximum Gasteiger partial charge on any atom is 0.343 e. The molecule has 0 aliphatic rings. The van der Waals surface area contributed by atoms with Crippen LogP contribution in [0.1, 0.15) is 52.8 Å². The third-order valence-electron chi connectivity index (χ3n) is 6.58. The van der Waals surface area contributed by atoms with Crippen LogP contribution in [0, 0.1) is 0 Å². The van der Waals surface area contributed by atoms with E-state index in [1.165, 1.54) is 79.2 Å². The number of aldehydes is 1. The highest BCUT2D eigenvalue weighted by molar-refractivity contribution is 7.39. The summed E-state index contributed by atoms with van der Waals surface area (Å²) in [5.74, 6) is -3.34. The number of rotatable bonds is 14. The first kappa shape index (κ1) is 36.3. The number of nitrogens with zero attached hydrogens (tertiary/aromatic N) is 2. The second kappa shape index (κ2) is 16.5. The summed E-state index contributed by atoms with van der Waals surface area (Å²) < 4.78 is 27.5. The topological polar surface area (TPSA) is 204 Å². The van der Waals surface area contributed by atoms with Crippen molar-refractivity contribution >= 4 is 41.3 Å². The Morgan fingerprint density at radius 3 is 1.71 bits per heavy atom. The smallest absolute Gasteiger partial charge is 0.343 e. The van der Waals surface area contributed by atoms with Gasteiger partial charge in [-0.25, -0.2) is 9.59 Å². The number of benzene rings is 3. The van der Waals surface area contributed by atoms with Crippen molar-refractivity contribution < 1.29 is 62.0 Å². The Balaban J connectivity index is 1.87. The minimum absolute atomic E-state index is 0.0384. The van der Waals surface area contributed by atoms with E-state index >= 15 is 0 Å². The number of carbonyl (C=O) groups is 4. The van der Waals surface area contributed by atoms with Crippen molar-refractivity contribution in [3.8, 4) is 22.9 Å². The monoisotopic (exact) mass is 700 g/mol. The average molecular weight is 701 g/mol. The van der Waals surface area contributed by atoms with E-state index in [1.54, 1.807) is 24.3 Å². The van der Waals surface area contributed by atoms with Crippen molar-refractivity contribution in [2.24, 2.45) is 0 Å². The largest absolute Gasteiger partial charge is 0.497 e. The van der Waals surface area contributed by atoms with E-state index in [0.29, 0.717) is 23.2 Å². The number of carbonyl (C=O) groups excluding carboxylic acids is 4. The summed E-state index contributed by atoms with van der Waals surface area (Å²) in [7, 11) is -0.978. The molecule has 17 heteroatoms. The standard InChI is InChI=1S/C31H30N2O13P2/c1-32(2)29(35)26-28(46-31(37)22-9-5-7-20(15-22)18-44-48(40)41)27(25(16-34)33(26)23-10-12-24(42-3)13-11-23)45-30(36)21-8-4-6-19(14-21)17-43-47(38)39/h4-16,38-41H,17-18H2,1-3H3. The van der Waals surface area contributed by atoms with Crippen LogP contribution in [-0.2, 0) is 22.3 Å². The summed E-state index contributed by atoms with van der Waals surface area (Å²) >= 11 is 0. The molecule has 0 aliphatic carbocycles. The van der Waals surface area contributed by atoms with Crippen LogP contribution in [0.15, 0.2) is 72.8 Å². The molecule has 0 atom stereocenters. The fourth-order valence-electron chi connectivity index (χ4n) is 4.39. The molecule has 0 aliphatic heterocycles. The highest BCUT2D eigenvalue weighted by Gasteiger charge is 2.35. The summed E-state index contributed by atoms with van der Waals surface area (Å²) in [6.07, 6.45) is 0.339. The van der Waals surface area contributed by atoms with Gasteiger partial charge in [0.05, 0.1) is 31.5 Å². The first-order chi connectivity index (χ1) is 22.9. The summed E-state index contributed by atoms with van der Waals surface area (Å²) in [6, 6.07) is 17.8. The van der Waals surface area contributed by atoms with Gasteiger partial charge in [-0.1, -0.05) is 24.3 Å². The second-order valence-corrected chi connectivity index (χ2v) is 11.5. The van der Waals surface area contributed by atoms with Gasteiger partial charge in [0.15, 0.2) is 12.0 Å². The van der Waals surface area contributed by atoms with Gasteiger partial charge in [0.2, 0.25) is 11.5 Å². The van der Waals surface area contributed by atoms with Crippen LogP contribution >= 0.6 is 17.2 Å². The van der Waals surface area contributed by atoms with Crippen LogP contribution in [-0.4, -0.2) is 74.4 Å². The molecule has 0 bridgehead atoms. The molecule has 3 aromatic carbocycles. The van der Waals surface area contributed by atoms with E-state index < -0.39 is 46.5 Å². The van der Waals surface area contributed by atoms with Gasteiger partial charge in [0.1, 0.15) is 11.4 Å². The van der Waals surface area contributed by atoms with Crippen LogP contribution in [0.5, 0.6) is 17.2 Å². The molecule has 1 aromatic heterocycles. The Morgan fingerprint density at radius 1 is 0.771 bits per heavy atom. The van der Waals surface area contributed by atoms with E-state index in [-0.39, 0.29) is 41.4 Å². The molecule has 4 N–H and O–H groups in total. The summed E-state index contributed by atoms with van der Waals surface area (Å²) in [6.45, 7) is -0.474. The number of hydrogen-bond donors (Lipinski definition) is 4. The van der Waals surface area contributed by atoms with E-state index in [9.17, 15) is 19.2 Å². The van der Waals surface area contributed by atoms with Gasteiger partial charge in [0, 0.05) is 19.8 Å². The molecule has 48 heavy (non-hydrogen) atoms. The van der Waals surface area contributed by atoms with Crippen molar-refractivity contribution in [2.45, 2.75) is 13.2 Å². The maximum atomic E-state index is 13.7. The molecule has 0 spiro atoms. The van der Waals surface area contributed by atoms with Crippen LogP contribution in [0.25, 0.3) is 5.69 Å². The van der Waals surface area contributed by atoms with Gasteiger partial charge >= 0.3 is 29.1 Å². The van der Waals surface area contributed by atoms with Crippen LogP contribution in [0.2, 0.25) is 0 Å². The molecule has 15 nitrogen and oxygen atoms in total. The number of esters is 2. The lowest BCUT2D eigenvalue weighted by molar-refractivity contribution is 0.0676. The Kier molecular flexibility index (Phi) is 12.5. The number of ether oxygens (including phenoxy) is 3. The number of aromatic nitrogens is 1. The Morgan fingerprint density at radius 2 is 1.27 bits per heavy atom. The van der Waals surface area contributed by atoms with Gasteiger partial charge in [-0.05, 0) is 59.7 Å². The molecular formula is C31H30N2O13P2. The van der Waals surface area contributed by atoms with Crippen molar-refractivity contribution in [3.63, 3.8) is 0 Å². The lowest BCUT2D eigenvalue weighted by atomic mass is 10.1. The molecule has 0 saturated heterocycles. The number of methoxy groups -OCH3 is 1. The fourth-order valence-corrected chi connectivity index (χ4v) is 4.92. The van der Waals surface area contributed by atoms with Crippen molar-refractivity contribution in [1.82, 2.24) is 9.47 Å². The molecule has 1 heterocycles. The van der Waals surface area contributed by atoms with Crippen LogP contribution < -0.4 is 14.2 Å². The maximum absolute atomic E-state index is 13.7. The molecule has 252 valence electrons. The van der Waals surface area contributed by atoms with Gasteiger partial charge in [-0.15, -0.1) is 0 Å². The predicted octanol–water partition coefficient (Wildman–Crippen LogP) is 3.89. The lowest BCUT2D eigenvalue weighted by Crippen LogP contribution is -2.26. The van der Waals surface area contributed by atoms with Gasteiger partial charge < -0.3 is 47.7 Å². The van der Waals surface area contributed by atoms with E-state index in [0.717, 1.165) is 0 Å². The molecule has 0 fully saturated rings. The first-order valence-electron chi connectivity index (χ1n) is 13.8. The molecule has 0 unspecified atom stereocenters. The predicted molar refractivity (Wildman–Crippen MR) is 171 cm³/mol. The Hall–Kier alpha value is -4.56. The third kappa shape index (κ3) is 8.86. The Bertz CT molecular complexity index is 1790. The Labute approximate surface area is 276 Å². The molecule has 4 rings (SSSR count). The van der Waals surface area contributed by atoms with Gasteiger partial charge in [0.25, 0.3) is 5.91 Å². The average Bonchev–Trinajstić information content (AvgIpc) is 3.38. The zero-order valence-corrected chi connectivity index (χ0v) is 27.5. The third-order valence-corrected chi connectivity index (χ3v) is 7.30. The van der Waals surface area contributed by atoms with Crippen molar-refractivity contribution in [1.29, 1.82) is 0 Å². The van der Waals surface area contributed by atoms with Crippen LogP contribution in [0.4, 0.5) is 0 Å². The van der Waals surface area contributed by atoms with E-state index in [2.05, 4.69) is 0 Å². The zero-order valence-electron chi connectivity index (χ0n) is 25.7. The summed E-state index contributed by atoms with van der Waals surface area (Å²) in [4.78, 5) is 91.1. The normalized spacial score (nSPS) is 11.0. The number of hydrogen-bond acceptors (Lipinski definition) is 13.